The highest BCUT2D eigenvalue weighted by Gasteiger charge is 2.29. The van der Waals surface area contributed by atoms with Gasteiger partial charge in [-0.25, -0.2) is 19.3 Å². The van der Waals surface area contributed by atoms with Crippen molar-refractivity contribution in [2.24, 2.45) is 7.05 Å². The molecule has 1 N–H and O–H groups in total. The van der Waals surface area contributed by atoms with Crippen LogP contribution < -0.4 is 10.2 Å². The topological polar surface area (TPSA) is 92.1 Å². The van der Waals surface area contributed by atoms with Gasteiger partial charge in [0.1, 0.15) is 17.2 Å². The van der Waals surface area contributed by atoms with Crippen LogP contribution in [0.3, 0.4) is 0 Å². The molecule has 0 spiro atoms. The first-order chi connectivity index (χ1) is 16.2. The fourth-order valence-corrected chi connectivity index (χ4v) is 4.57. The summed E-state index contributed by atoms with van der Waals surface area (Å²) in [7, 11) is 3.85. The van der Waals surface area contributed by atoms with Gasteiger partial charge < -0.3 is 10.2 Å². The van der Waals surface area contributed by atoms with E-state index < -0.39 is 11.7 Å². The Hall–Kier alpha value is -3.66. The van der Waals surface area contributed by atoms with E-state index in [-0.39, 0.29) is 5.52 Å². The Bertz CT molecular complexity index is 1410. The predicted molar refractivity (Wildman–Crippen MR) is 130 cm³/mol. The lowest BCUT2D eigenvalue weighted by molar-refractivity contribution is 0.102. The van der Waals surface area contributed by atoms with Crippen LogP contribution in [0.25, 0.3) is 21.8 Å². The number of rotatable bonds is 3. The van der Waals surface area contributed by atoms with Crippen LogP contribution in [0.5, 0.6) is 0 Å². The highest BCUT2D eigenvalue weighted by Crippen LogP contribution is 2.29. The van der Waals surface area contributed by atoms with Crippen LogP contribution in [0, 0.1) is 12.7 Å². The predicted octanol–water partition coefficient (Wildman–Crippen LogP) is 3.14. The molecule has 5 rings (SSSR count). The number of hydrogen-bond donors (Lipinski definition) is 1. The van der Waals surface area contributed by atoms with Gasteiger partial charge in [0, 0.05) is 61.9 Å². The highest BCUT2D eigenvalue weighted by atomic mass is 19.1. The second-order valence-corrected chi connectivity index (χ2v) is 9.10. The maximum absolute atomic E-state index is 14.5. The maximum atomic E-state index is 14.5. The van der Waals surface area contributed by atoms with Crippen LogP contribution in [0.1, 0.15) is 30.0 Å². The second-order valence-electron chi connectivity index (χ2n) is 9.10. The van der Waals surface area contributed by atoms with Crippen molar-refractivity contribution in [3.63, 3.8) is 0 Å². The fourth-order valence-electron chi connectivity index (χ4n) is 4.57. The van der Waals surface area contributed by atoms with Crippen molar-refractivity contribution in [3.05, 3.63) is 47.9 Å². The van der Waals surface area contributed by atoms with Crippen LogP contribution in [-0.4, -0.2) is 67.8 Å². The number of anilines is 2. The minimum absolute atomic E-state index is 0.260. The lowest BCUT2D eigenvalue weighted by atomic mass is 10.1. The molecule has 1 saturated heterocycles. The first kappa shape index (κ1) is 22.1. The molecule has 1 aromatic carbocycles. The average molecular weight is 463 g/mol. The summed E-state index contributed by atoms with van der Waals surface area (Å²) in [6, 6.07) is 3.67. The molecule has 10 heteroatoms. The number of halogens is 1. The van der Waals surface area contributed by atoms with Crippen molar-refractivity contribution >= 4 is 39.2 Å². The first-order valence-electron chi connectivity index (χ1n) is 11.2. The van der Waals surface area contributed by atoms with E-state index in [0.717, 1.165) is 24.3 Å². The lowest BCUT2D eigenvalue weighted by Crippen LogP contribution is -2.55. The van der Waals surface area contributed by atoms with Gasteiger partial charge in [-0.15, -0.1) is 0 Å². The van der Waals surface area contributed by atoms with Crippen LogP contribution >= 0.6 is 0 Å². The fraction of sp³-hybridized carbons (Fsp3) is 0.375. The summed E-state index contributed by atoms with van der Waals surface area (Å²) in [4.78, 5) is 31.4. The van der Waals surface area contributed by atoms with Gasteiger partial charge in [0.05, 0.1) is 16.5 Å². The molecule has 0 saturated carbocycles. The van der Waals surface area contributed by atoms with E-state index in [1.165, 1.54) is 10.7 Å². The SMILES string of the molecule is Cc1ncc2c(N3CC(C)N(C)C(C)C3)ncc(C(=O)Nc3cc(F)c4nn(C)cc4c3)c2n1. The Kier molecular flexibility index (Phi) is 5.40. The molecule has 176 valence electrons. The summed E-state index contributed by atoms with van der Waals surface area (Å²) in [6.07, 6.45) is 4.98. The average Bonchev–Trinajstić information content (AvgIpc) is 3.17. The molecule has 1 fully saturated rings. The van der Waals surface area contributed by atoms with Crippen LogP contribution in [0.15, 0.2) is 30.7 Å². The van der Waals surface area contributed by atoms with Gasteiger partial charge in [0.2, 0.25) is 0 Å². The number of amides is 1. The molecule has 4 heterocycles. The third-order valence-electron chi connectivity index (χ3n) is 6.56. The quantitative estimate of drug-likeness (QED) is 0.500. The molecular formula is C24H27FN8O. The highest BCUT2D eigenvalue weighted by molar-refractivity contribution is 6.13. The number of aromatic nitrogens is 5. The molecule has 0 bridgehead atoms. The van der Waals surface area contributed by atoms with E-state index in [1.807, 2.05) is 0 Å². The third kappa shape index (κ3) is 3.83. The summed E-state index contributed by atoms with van der Waals surface area (Å²) in [5.41, 5.74) is 1.44. The number of fused-ring (bicyclic) bond motifs is 2. The van der Waals surface area contributed by atoms with E-state index in [1.54, 1.807) is 38.6 Å². The molecule has 4 aromatic rings. The largest absolute Gasteiger partial charge is 0.353 e. The molecule has 34 heavy (non-hydrogen) atoms. The van der Waals surface area contributed by atoms with Crippen molar-refractivity contribution in [1.29, 1.82) is 0 Å². The summed E-state index contributed by atoms with van der Waals surface area (Å²) in [5.74, 6) is 0.413. The Morgan fingerprint density at radius 1 is 1.09 bits per heavy atom. The monoisotopic (exact) mass is 462 g/mol. The van der Waals surface area contributed by atoms with E-state index >= 15 is 0 Å². The number of carbonyl (C=O) groups excluding carboxylic acids is 1. The maximum Gasteiger partial charge on any atom is 0.259 e. The number of pyridine rings is 1. The van der Waals surface area contributed by atoms with E-state index in [9.17, 15) is 9.18 Å². The number of piperazine rings is 1. The van der Waals surface area contributed by atoms with Crippen molar-refractivity contribution < 1.29 is 9.18 Å². The zero-order chi connectivity index (χ0) is 24.1. The molecule has 1 amide bonds. The van der Waals surface area contributed by atoms with Gasteiger partial charge in [0.15, 0.2) is 5.82 Å². The number of carbonyl (C=O) groups is 1. The Balaban J connectivity index is 1.52. The Morgan fingerprint density at radius 3 is 2.56 bits per heavy atom. The summed E-state index contributed by atoms with van der Waals surface area (Å²) in [5, 5.41) is 8.22. The first-order valence-corrected chi connectivity index (χ1v) is 11.2. The molecule has 2 atom stereocenters. The molecule has 0 aliphatic carbocycles. The number of aryl methyl sites for hydroxylation is 2. The van der Waals surface area contributed by atoms with Crippen LogP contribution in [0.2, 0.25) is 0 Å². The Morgan fingerprint density at radius 2 is 1.82 bits per heavy atom. The number of hydrogen-bond acceptors (Lipinski definition) is 7. The van der Waals surface area contributed by atoms with Crippen molar-refractivity contribution in [2.45, 2.75) is 32.9 Å². The zero-order valence-electron chi connectivity index (χ0n) is 19.9. The van der Waals surface area contributed by atoms with Gasteiger partial charge in [-0.3, -0.25) is 14.4 Å². The van der Waals surface area contributed by atoms with Crippen molar-refractivity contribution in [2.75, 3.05) is 30.4 Å². The summed E-state index contributed by atoms with van der Waals surface area (Å²) < 4.78 is 16.0. The molecule has 9 nitrogen and oxygen atoms in total. The zero-order valence-corrected chi connectivity index (χ0v) is 19.9. The molecular weight excluding hydrogens is 435 g/mol. The Labute approximate surface area is 196 Å². The minimum Gasteiger partial charge on any atom is -0.353 e. The second kappa shape index (κ2) is 8.28. The number of nitrogens with zero attached hydrogens (tertiary/aromatic N) is 7. The smallest absolute Gasteiger partial charge is 0.259 e. The summed E-state index contributed by atoms with van der Waals surface area (Å²) >= 11 is 0. The van der Waals surface area contributed by atoms with E-state index in [4.69, 9.17) is 0 Å². The van der Waals surface area contributed by atoms with Gasteiger partial charge in [-0.2, -0.15) is 5.10 Å². The minimum atomic E-state index is -0.497. The normalized spacial score (nSPS) is 19.2. The van der Waals surface area contributed by atoms with Gasteiger partial charge in [-0.05, 0) is 40.0 Å². The standard InChI is InChI=1S/C24H27FN8O/c1-13-10-33(11-14(2)32(13)5)23-18-8-26-15(3)28-22(18)19(9-27-23)24(34)29-17-6-16-12-31(4)30-21(16)20(25)7-17/h6-9,12-14H,10-11H2,1-5H3,(H,29,34). The lowest BCUT2D eigenvalue weighted by Gasteiger charge is -2.43. The third-order valence-corrected chi connectivity index (χ3v) is 6.56. The summed E-state index contributed by atoms with van der Waals surface area (Å²) in [6.45, 7) is 7.78. The van der Waals surface area contributed by atoms with E-state index in [0.29, 0.717) is 40.1 Å². The van der Waals surface area contributed by atoms with Crippen LogP contribution in [0.4, 0.5) is 15.9 Å². The molecule has 1 aliphatic heterocycles. The van der Waals surface area contributed by atoms with Crippen molar-refractivity contribution in [1.82, 2.24) is 29.6 Å². The van der Waals surface area contributed by atoms with Crippen molar-refractivity contribution in [3.8, 4) is 0 Å². The number of nitrogens with one attached hydrogen (secondary N) is 1. The van der Waals surface area contributed by atoms with Gasteiger partial charge in [0.25, 0.3) is 5.91 Å². The number of likely N-dealkylation sites (N-methyl/N-ethyl adjacent to an activating group) is 1. The van der Waals surface area contributed by atoms with Gasteiger partial charge in [-0.1, -0.05) is 0 Å². The van der Waals surface area contributed by atoms with Crippen LogP contribution in [-0.2, 0) is 7.05 Å². The van der Waals surface area contributed by atoms with Gasteiger partial charge >= 0.3 is 0 Å². The molecule has 0 radical (unpaired) electrons. The molecule has 1 aliphatic rings. The molecule has 3 aromatic heterocycles. The number of benzene rings is 1. The van der Waals surface area contributed by atoms with E-state index in [2.05, 4.69) is 56.1 Å². The molecule has 2 unspecified atom stereocenters.